The lowest BCUT2D eigenvalue weighted by atomic mass is 10.1. The van der Waals surface area contributed by atoms with Gasteiger partial charge >= 0.3 is 5.69 Å². The van der Waals surface area contributed by atoms with Gasteiger partial charge in [-0.15, -0.1) is 0 Å². The summed E-state index contributed by atoms with van der Waals surface area (Å²) in [5, 5.41) is 9.59. The van der Waals surface area contributed by atoms with Crippen LogP contribution in [0, 0.1) is 0 Å². The SMILES string of the molecule is CCc1cn([C@@H]2O[C@H](CN)[C@@H](O)[C@@H]2F)c(=O)[nH]c1=O. The minimum Gasteiger partial charge on any atom is -0.387 e. The number of aromatic nitrogens is 2. The van der Waals surface area contributed by atoms with Gasteiger partial charge in [-0.3, -0.25) is 14.3 Å². The number of aliphatic hydroxyl groups excluding tert-OH is 1. The zero-order chi connectivity index (χ0) is 14.2. The lowest BCUT2D eigenvalue weighted by Crippen LogP contribution is -2.37. The Morgan fingerprint density at radius 3 is 2.79 bits per heavy atom. The molecule has 0 aliphatic carbocycles. The first kappa shape index (κ1) is 13.9. The molecule has 1 aromatic heterocycles. The Morgan fingerprint density at radius 2 is 2.26 bits per heavy atom. The molecule has 1 aliphatic heterocycles. The highest BCUT2D eigenvalue weighted by Gasteiger charge is 2.44. The van der Waals surface area contributed by atoms with Crippen molar-refractivity contribution in [2.45, 2.75) is 38.0 Å². The van der Waals surface area contributed by atoms with Crippen molar-refractivity contribution in [3.8, 4) is 0 Å². The lowest BCUT2D eigenvalue weighted by Gasteiger charge is -2.16. The molecule has 4 N–H and O–H groups in total. The maximum atomic E-state index is 13.9. The number of ether oxygens (including phenoxy) is 1. The average Bonchev–Trinajstić information content (AvgIpc) is 2.67. The number of hydrogen-bond acceptors (Lipinski definition) is 5. The van der Waals surface area contributed by atoms with Gasteiger partial charge in [0.15, 0.2) is 12.4 Å². The van der Waals surface area contributed by atoms with Crippen molar-refractivity contribution in [1.29, 1.82) is 0 Å². The van der Waals surface area contributed by atoms with E-state index in [2.05, 4.69) is 4.98 Å². The molecule has 0 aromatic carbocycles. The second-order valence-electron chi connectivity index (χ2n) is 4.41. The molecule has 2 rings (SSSR count). The van der Waals surface area contributed by atoms with Gasteiger partial charge in [0.2, 0.25) is 0 Å². The number of nitrogens with two attached hydrogens (primary N) is 1. The summed E-state index contributed by atoms with van der Waals surface area (Å²) in [5.41, 5.74) is 4.40. The van der Waals surface area contributed by atoms with E-state index in [1.54, 1.807) is 6.92 Å². The molecule has 106 valence electrons. The molecule has 1 fully saturated rings. The molecule has 7 nitrogen and oxygen atoms in total. The van der Waals surface area contributed by atoms with E-state index in [-0.39, 0.29) is 6.54 Å². The summed E-state index contributed by atoms with van der Waals surface area (Å²) < 4.78 is 20.1. The van der Waals surface area contributed by atoms with Gasteiger partial charge in [0, 0.05) is 18.3 Å². The first-order valence-corrected chi connectivity index (χ1v) is 6.01. The molecule has 19 heavy (non-hydrogen) atoms. The average molecular weight is 273 g/mol. The highest BCUT2D eigenvalue weighted by Crippen LogP contribution is 2.30. The highest BCUT2D eigenvalue weighted by molar-refractivity contribution is 5.05. The number of aromatic amines is 1. The normalized spacial score (nSPS) is 30.7. The molecular weight excluding hydrogens is 257 g/mol. The van der Waals surface area contributed by atoms with Gasteiger partial charge in [-0.1, -0.05) is 6.92 Å². The number of nitrogens with zero attached hydrogens (tertiary/aromatic N) is 1. The minimum absolute atomic E-state index is 0.0587. The van der Waals surface area contributed by atoms with Crippen LogP contribution in [0.4, 0.5) is 4.39 Å². The number of alkyl halides is 1. The van der Waals surface area contributed by atoms with Crippen LogP contribution in [0.5, 0.6) is 0 Å². The van der Waals surface area contributed by atoms with E-state index in [9.17, 15) is 19.1 Å². The fourth-order valence-corrected chi connectivity index (χ4v) is 2.09. The summed E-state index contributed by atoms with van der Waals surface area (Å²) in [4.78, 5) is 25.2. The van der Waals surface area contributed by atoms with E-state index in [1.807, 2.05) is 0 Å². The third-order valence-corrected chi connectivity index (χ3v) is 3.22. The summed E-state index contributed by atoms with van der Waals surface area (Å²) in [6.45, 7) is 1.68. The van der Waals surface area contributed by atoms with Crippen LogP contribution >= 0.6 is 0 Å². The van der Waals surface area contributed by atoms with E-state index < -0.39 is 35.9 Å². The fourth-order valence-electron chi connectivity index (χ4n) is 2.09. The molecule has 0 bridgehead atoms. The molecule has 1 saturated heterocycles. The molecule has 4 atom stereocenters. The monoisotopic (exact) mass is 273 g/mol. The zero-order valence-electron chi connectivity index (χ0n) is 10.4. The first-order valence-electron chi connectivity index (χ1n) is 6.01. The van der Waals surface area contributed by atoms with Crippen molar-refractivity contribution < 1.29 is 14.2 Å². The van der Waals surface area contributed by atoms with Crippen LogP contribution in [0.1, 0.15) is 18.7 Å². The van der Waals surface area contributed by atoms with E-state index in [0.29, 0.717) is 12.0 Å². The van der Waals surface area contributed by atoms with E-state index in [4.69, 9.17) is 10.5 Å². The number of halogens is 1. The smallest absolute Gasteiger partial charge is 0.330 e. The van der Waals surface area contributed by atoms with Crippen LogP contribution in [0.3, 0.4) is 0 Å². The van der Waals surface area contributed by atoms with E-state index >= 15 is 0 Å². The molecule has 0 saturated carbocycles. The summed E-state index contributed by atoms with van der Waals surface area (Å²) in [6, 6.07) is 0. The topological polar surface area (TPSA) is 110 Å². The number of aliphatic hydroxyl groups is 1. The van der Waals surface area contributed by atoms with Crippen molar-refractivity contribution in [1.82, 2.24) is 9.55 Å². The molecule has 0 spiro atoms. The number of aryl methyl sites for hydroxylation is 1. The maximum Gasteiger partial charge on any atom is 0.330 e. The van der Waals surface area contributed by atoms with Gasteiger partial charge in [0.25, 0.3) is 5.56 Å². The van der Waals surface area contributed by atoms with Crippen molar-refractivity contribution in [3.63, 3.8) is 0 Å². The Bertz CT molecular complexity index is 570. The van der Waals surface area contributed by atoms with Gasteiger partial charge in [-0.05, 0) is 6.42 Å². The van der Waals surface area contributed by atoms with E-state index in [0.717, 1.165) is 4.57 Å². The Morgan fingerprint density at radius 1 is 1.58 bits per heavy atom. The third kappa shape index (κ3) is 2.34. The number of H-pyrrole nitrogens is 1. The van der Waals surface area contributed by atoms with Crippen LogP contribution in [0.2, 0.25) is 0 Å². The third-order valence-electron chi connectivity index (χ3n) is 3.22. The fraction of sp³-hybridized carbons (Fsp3) is 0.636. The zero-order valence-corrected chi connectivity index (χ0v) is 10.4. The molecule has 1 aliphatic rings. The van der Waals surface area contributed by atoms with Gasteiger partial charge in [-0.2, -0.15) is 0 Å². The van der Waals surface area contributed by atoms with Gasteiger partial charge < -0.3 is 15.6 Å². The molecule has 2 heterocycles. The van der Waals surface area contributed by atoms with Crippen LogP contribution in [-0.4, -0.2) is 39.6 Å². The van der Waals surface area contributed by atoms with Gasteiger partial charge in [0.05, 0.1) is 0 Å². The van der Waals surface area contributed by atoms with Crippen LogP contribution in [-0.2, 0) is 11.2 Å². The summed E-state index contributed by atoms with van der Waals surface area (Å²) in [6.07, 6.45) is -3.67. The number of nitrogens with one attached hydrogen (secondary N) is 1. The van der Waals surface area contributed by atoms with Crippen molar-refractivity contribution in [3.05, 3.63) is 32.6 Å². The van der Waals surface area contributed by atoms with Gasteiger partial charge in [-0.25, -0.2) is 9.18 Å². The quantitative estimate of drug-likeness (QED) is 0.631. The molecule has 0 amide bonds. The molecule has 8 heteroatoms. The van der Waals surface area contributed by atoms with Crippen LogP contribution in [0.25, 0.3) is 0 Å². The Hall–Kier alpha value is -1.51. The molecular formula is C11H16FN3O4. The minimum atomic E-state index is -1.78. The lowest BCUT2D eigenvalue weighted by molar-refractivity contribution is -0.0226. The Kier molecular flexibility index (Phi) is 3.83. The van der Waals surface area contributed by atoms with E-state index in [1.165, 1.54) is 6.20 Å². The largest absolute Gasteiger partial charge is 0.387 e. The second kappa shape index (κ2) is 5.24. The van der Waals surface area contributed by atoms with Crippen LogP contribution in [0.15, 0.2) is 15.8 Å². The summed E-state index contributed by atoms with van der Waals surface area (Å²) >= 11 is 0. The van der Waals surface area contributed by atoms with Crippen molar-refractivity contribution in [2.75, 3.05) is 6.54 Å². The second-order valence-corrected chi connectivity index (χ2v) is 4.41. The summed E-state index contributed by atoms with van der Waals surface area (Å²) in [5.74, 6) is 0. The standard InChI is InChI=1S/C11H16FN3O4/c1-2-5-4-15(11(18)14-9(5)17)10-7(12)8(16)6(3-13)19-10/h4,6-8,10,16H,2-3,13H2,1H3,(H,14,17,18)/t6-,7+,8-,10-/m1/s1. The van der Waals surface area contributed by atoms with Crippen molar-refractivity contribution in [2.24, 2.45) is 5.73 Å². The summed E-state index contributed by atoms with van der Waals surface area (Å²) in [7, 11) is 0. The number of hydrogen-bond donors (Lipinski definition) is 3. The first-order chi connectivity index (χ1) is 8.99. The predicted molar refractivity (Wildman–Crippen MR) is 64.6 cm³/mol. The highest BCUT2D eigenvalue weighted by atomic mass is 19.1. The Labute approximate surface area is 107 Å². The predicted octanol–water partition coefficient (Wildman–Crippen LogP) is -1.35. The van der Waals surface area contributed by atoms with Crippen LogP contribution < -0.4 is 17.0 Å². The van der Waals surface area contributed by atoms with Crippen molar-refractivity contribution >= 4 is 0 Å². The molecule has 0 unspecified atom stereocenters. The number of rotatable bonds is 3. The van der Waals surface area contributed by atoms with Gasteiger partial charge in [0.1, 0.15) is 12.2 Å². The maximum absolute atomic E-state index is 13.9. The Balaban J connectivity index is 2.43. The molecule has 1 aromatic rings. The molecule has 0 radical (unpaired) electrons.